The second kappa shape index (κ2) is 8.73. The summed E-state index contributed by atoms with van der Waals surface area (Å²) in [6.45, 7) is 0.0838. The number of nitrogens with one attached hydrogen (secondary N) is 1. The van der Waals surface area contributed by atoms with Gasteiger partial charge in [0.05, 0.1) is 7.11 Å². The van der Waals surface area contributed by atoms with Crippen LogP contribution in [0.5, 0.6) is 0 Å². The number of thioether (sulfide) groups is 1. The van der Waals surface area contributed by atoms with E-state index in [0.717, 1.165) is 25.3 Å². The van der Waals surface area contributed by atoms with Gasteiger partial charge in [0.15, 0.2) is 0 Å². The summed E-state index contributed by atoms with van der Waals surface area (Å²) < 4.78 is 33.3. The van der Waals surface area contributed by atoms with Crippen molar-refractivity contribution in [3.05, 3.63) is 59.2 Å². The normalized spacial score (nSPS) is 17.9. The molecule has 0 spiro atoms. The van der Waals surface area contributed by atoms with Crippen molar-refractivity contribution in [3.63, 3.8) is 0 Å². The minimum Gasteiger partial charge on any atom is -0.465 e. The highest BCUT2D eigenvalue weighted by Gasteiger charge is 2.42. The van der Waals surface area contributed by atoms with Gasteiger partial charge in [-0.25, -0.2) is 13.6 Å². The summed E-state index contributed by atoms with van der Waals surface area (Å²) in [7, 11) is 1.16. The van der Waals surface area contributed by atoms with E-state index in [9.17, 15) is 18.4 Å². The summed E-state index contributed by atoms with van der Waals surface area (Å²) in [5.41, 5.74) is 0.697. The van der Waals surface area contributed by atoms with E-state index in [1.165, 1.54) is 24.3 Å². The fourth-order valence-electron chi connectivity index (χ4n) is 3.21. The third-order valence-electron chi connectivity index (χ3n) is 4.86. The van der Waals surface area contributed by atoms with Gasteiger partial charge in [-0.05, 0) is 47.6 Å². The molecule has 3 rings (SSSR count). The monoisotopic (exact) mass is 405 g/mol. The molecule has 1 N–H and O–H groups in total. The van der Waals surface area contributed by atoms with Crippen LogP contribution < -0.4 is 5.32 Å². The number of rotatable bonds is 7. The van der Waals surface area contributed by atoms with Gasteiger partial charge in [0, 0.05) is 18.0 Å². The fourth-order valence-corrected chi connectivity index (χ4v) is 4.01. The Morgan fingerprint density at radius 1 is 1.21 bits per heavy atom. The van der Waals surface area contributed by atoms with Gasteiger partial charge in [0.25, 0.3) is 0 Å². The average molecular weight is 405 g/mol. The van der Waals surface area contributed by atoms with Gasteiger partial charge in [0.2, 0.25) is 5.91 Å². The van der Waals surface area contributed by atoms with Crippen LogP contribution in [0.15, 0.2) is 36.4 Å². The summed E-state index contributed by atoms with van der Waals surface area (Å²) in [5.74, 6) is -0.761. The quantitative estimate of drug-likeness (QED) is 0.707. The van der Waals surface area contributed by atoms with Crippen LogP contribution in [0.2, 0.25) is 0 Å². The molecule has 1 amide bonds. The lowest BCUT2D eigenvalue weighted by molar-refractivity contribution is -0.122. The number of carbonyl (C=O) groups is 2. The first-order valence-electron chi connectivity index (χ1n) is 8.88. The third-order valence-corrected chi connectivity index (χ3v) is 5.62. The van der Waals surface area contributed by atoms with Gasteiger partial charge >= 0.3 is 5.97 Å². The number of methoxy groups -OCH3 is 1. The highest BCUT2D eigenvalue weighted by Crippen LogP contribution is 2.40. The molecule has 1 saturated carbocycles. The largest absolute Gasteiger partial charge is 0.465 e. The number of amides is 1. The van der Waals surface area contributed by atoms with Gasteiger partial charge in [-0.2, -0.15) is 11.8 Å². The lowest BCUT2D eigenvalue weighted by Gasteiger charge is -2.11. The van der Waals surface area contributed by atoms with Crippen molar-refractivity contribution in [2.45, 2.75) is 13.0 Å². The summed E-state index contributed by atoms with van der Waals surface area (Å²) in [6, 6.07) is 8.49. The number of esters is 1. The Labute approximate surface area is 166 Å². The molecular weight excluding hydrogens is 384 g/mol. The SMILES string of the molecule is COC(=O)c1c(F)cccc1-c1ccc(CNC(=O)C2CC2CSC)c(F)c1. The predicted octanol–water partition coefficient (Wildman–Crippen LogP) is 4.03. The average Bonchev–Trinajstić information content (AvgIpc) is 3.45. The van der Waals surface area contributed by atoms with Crippen molar-refractivity contribution < 1.29 is 23.1 Å². The van der Waals surface area contributed by atoms with E-state index in [2.05, 4.69) is 10.1 Å². The molecule has 1 fully saturated rings. The maximum absolute atomic E-state index is 14.6. The molecule has 28 heavy (non-hydrogen) atoms. The second-order valence-corrected chi connectivity index (χ2v) is 7.65. The molecule has 0 bridgehead atoms. The number of carbonyl (C=O) groups excluding carboxylic acids is 2. The Hall–Kier alpha value is -2.41. The van der Waals surface area contributed by atoms with Crippen molar-refractivity contribution in [2.75, 3.05) is 19.1 Å². The molecule has 4 nitrogen and oxygen atoms in total. The molecule has 2 atom stereocenters. The number of hydrogen-bond acceptors (Lipinski definition) is 4. The van der Waals surface area contributed by atoms with Crippen LogP contribution in [-0.2, 0) is 16.1 Å². The van der Waals surface area contributed by atoms with Crippen molar-refractivity contribution in [1.82, 2.24) is 5.32 Å². The summed E-state index contributed by atoms with van der Waals surface area (Å²) in [6.07, 6.45) is 2.89. The second-order valence-electron chi connectivity index (χ2n) is 6.74. The van der Waals surface area contributed by atoms with E-state index >= 15 is 0 Å². The van der Waals surface area contributed by atoms with Gasteiger partial charge < -0.3 is 10.1 Å². The zero-order valence-corrected chi connectivity index (χ0v) is 16.4. The summed E-state index contributed by atoms with van der Waals surface area (Å²) in [4.78, 5) is 24.0. The van der Waals surface area contributed by atoms with Gasteiger partial charge in [-0.3, -0.25) is 4.79 Å². The van der Waals surface area contributed by atoms with E-state index in [0.29, 0.717) is 17.0 Å². The van der Waals surface area contributed by atoms with E-state index < -0.39 is 17.6 Å². The molecule has 1 aliphatic rings. The smallest absolute Gasteiger partial charge is 0.341 e. The van der Waals surface area contributed by atoms with Gasteiger partial charge in [-0.1, -0.05) is 24.3 Å². The molecule has 2 aromatic rings. The van der Waals surface area contributed by atoms with Gasteiger partial charge in [-0.15, -0.1) is 0 Å². The Kier molecular flexibility index (Phi) is 6.34. The van der Waals surface area contributed by atoms with E-state index in [1.807, 2.05) is 6.26 Å². The van der Waals surface area contributed by atoms with E-state index in [-0.39, 0.29) is 29.5 Å². The maximum atomic E-state index is 14.6. The maximum Gasteiger partial charge on any atom is 0.341 e. The molecular formula is C21H21F2NO3S. The van der Waals surface area contributed by atoms with Crippen molar-refractivity contribution in [2.24, 2.45) is 11.8 Å². The topological polar surface area (TPSA) is 55.4 Å². The number of benzene rings is 2. The molecule has 0 aliphatic heterocycles. The Bertz CT molecular complexity index is 903. The number of ether oxygens (including phenoxy) is 1. The molecule has 2 unspecified atom stereocenters. The van der Waals surface area contributed by atoms with Crippen molar-refractivity contribution in [3.8, 4) is 11.1 Å². The first-order valence-corrected chi connectivity index (χ1v) is 10.3. The Morgan fingerprint density at radius 3 is 2.68 bits per heavy atom. The molecule has 7 heteroatoms. The molecule has 0 heterocycles. The number of hydrogen-bond donors (Lipinski definition) is 1. The lowest BCUT2D eigenvalue weighted by Crippen LogP contribution is -2.25. The molecule has 0 saturated heterocycles. The molecule has 1 aliphatic carbocycles. The predicted molar refractivity (Wildman–Crippen MR) is 105 cm³/mol. The zero-order valence-electron chi connectivity index (χ0n) is 15.6. The minimum absolute atomic E-state index is 0.0182. The van der Waals surface area contributed by atoms with Crippen LogP contribution in [0, 0.1) is 23.5 Å². The third kappa shape index (κ3) is 4.35. The van der Waals surface area contributed by atoms with Crippen LogP contribution in [0.3, 0.4) is 0 Å². The molecule has 0 aromatic heterocycles. The first-order chi connectivity index (χ1) is 13.5. The summed E-state index contributed by atoms with van der Waals surface area (Å²) >= 11 is 1.72. The zero-order chi connectivity index (χ0) is 20.3. The van der Waals surface area contributed by atoms with Crippen molar-refractivity contribution in [1.29, 1.82) is 0 Å². The van der Waals surface area contributed by atoms with Crippen LogP contribution in [-0.4, -0.2) is 31.0 Å². The highest BCUT2D eigenvalue weighted by atomic mass is 32.2. The molecule has 0 radical (unpaired) electrons. The van der Waals surface area contributed by atoms with Crippen LogP contribution >= 0.6 is 11.8 Å². The minimum atomic E-state index is -0.825. The summed E-state index contributed by atoms with van der Waals surface area (Å²) in [5, 5.41) is 2.77. The molecule has 2 aromatic carbocycles. The van der Waals surface area contributed by atoms with Crippen LogP contribution in [0.4, 0.5) is 8.78 Å². The van der Waals surface area contributed by atoms with Crippen LogP contribution in [0.1, 0.15) is 22.3 Å². The first kappa shape index (κ1) is 20.3. The lowest BCUT2D eigenvalue weighted by atomic mass is 9.98. The van der Waals surface area contributed by atoms with Gasteiger partial charge in [0.1, 0.15) is 17.2 Å². The van der Waals surface area contributed by atoms with Crippen molar-refractivity contribution >= 4 is 23.6 Å². The fraction of sp³-hybridized carbons (Fsp3) is 0.333. The van der Waals surface area contributed by atoms with Crippen LogP contribution in [0.25, 0.3) is 11.1 Å². The number of halogens is 2. The standard InChI is InChI=1S/C21H21F2NO3S/c1-27-21(26)19-15(4-3-5-17(19)22)12-6-7-13(18(23)9-12)10-24-20(25)16-8-14(16)11-28-2/h3-7,9,14,16H,8,10-11H2,1-2H3,(H,24,25). The van der Waals surface area contributed by atoms with E-state index in [4.69, 9.17) is 0 Å². The van der Waals surface area contributed by atoms with E-state index in [1.54, 1.807) is 17.8 Å². The Morgan fingerprint density at radius 2 is 2.00 bits per heavy atom. The molecule has 148 valence electrons. The highest BCUT2D eigenvalue weighted by molar-refractivity contribution is 7.98. The Balaban J connectivity index is 1.74.